The standard InChI is InChI=1S/C19H25N5O4/c1-5-20-18-21-16-15(17(26)22-19(27)23(16)4)24(18)9-13(25)10-28-14-7-6-11(2)12(3)8-14/h6-8,13,25H,5,9-10H2,1-4H3,(H,20,21)(H,22,26,27)/t13-/m0/s1. The molecule has 9 heteroatoms. The van der Waals surface area contributed by atoms with Gasteiger partial charge < -0.3 is 19.7 Å². The van der Waals surface area contributed by atoms with E-state index < -0.39 is 17.4 Å². The molecule has 0 bridgehead atoms. The molecule has 1 atom stereocenters. The van der Waals surface area contributed by atoms with Gasteiger partial charge in [0.05, 0.1) is 6.54 Å². The van der Waals surface area contributed by atoms with Crippen LogP contribution in [0.5, 0.6) is 5.75 Å². The second-order valence-electron chi connectivity index (χ2n) is 6.78. The molecule has 150 valence electrons. The van der Waals surface area contributed by atoms with Crippen LogP contribution in [0.25, 0.3) is 11.2 Å². The van der Waals surface area contributed by atoms with Crippen molar-refractivity contribution in [3.63, 3.8) is 0 Å². The van der Waals surface area contributed by atoms with Crippen molar-refractivity contribution in [1.29, 1.82) is 0 Å². The number of aryl methyl sites for hydroxylation is 3. The third-order valence-corrected chi connectivity index (χ3v) is 4.66. The van der Waals surface area contributed by atoms with E-state index in [1.165, 1.54) is 11.6 Å². The fourth-order valence-corrected chi connectivity index (χ4v) is 2.96. The molecule has 2 aromatic heterocycles. The molecule has 0 aliphatic heterocycles. The minimum atomic E-state index is -0.881. The van der Waals surface area contributed by atoms with Crippen molar-refractivity contribution in [2.75, 3.05) is 18.5 Å². The van der Waals surface area contributed by atoms with Crippen molar-refractivity contribution in [2.24, 2.45) is 7.05 Å². The quantitative estimate of drug-likeness (QED) is 0.555. The SMILES string of the molecule is CCNc1nc2c(c(=O)[nH]c(=O)n2C)n1C[C@H](O)COc1ccc(C)c(C)c1. The molecule has 0 aliphatic rings. The Hall–Kier alpha value is -3.07. The number of aromatic amines is 1. The zero-order chi connectivity index (χ0) is 20.4. The molecule has 0 spiro atoms. The molecule has 0 aliphatic carbocycles. The van der Waals surface area contributed by atoms with Crippen LogP contribution in [0.2, 0.25) is 0 Å². The summed E-state index contributed by atoms with van der Waals surface area (Å²) in [7, 11) is 1.53. The van der Waals surface area contributed by atoms with Gasteiger partial charge in [0.25, 0.3) is 5.56 Å². The number of nitrogens with one attached hydrogen (secondary N) is 2. The maximum atomic E-state index is 12.4. The maximum absolute atomic E-state index is 12.4. The second kappa shape index (κ2) is 7.89. The predicted octanol–water partition coefficient (Wildman–Crippen LogP) is 0.912. The Labute approximate surface area is 161 Å². The van der Waals surface area contributed by atoms with Crippen LogP contribution < -0.4 is 21.3 Å². The van der Waals surface area contributed by atoms with E-state index in [0.29, 0.717) is 18.2 Å². The van der Waals surface area contributed by atoms with E-state index in [1.54, 1.807) is 4.57 Å². The first-order valence-electron chi connectivity index (χ1n) is 9.13. The van der Waals surface area contributed by atoms with Gasteiger partial charge in [-0.1, -0.05) is 6.07 Å². The fraction of sp³-hybridized carbons (Fsp3) is 0.421. The van der Waals surface area contributed by atoms with E-state index in [0.717, 1.165) is 11.1 Å². The monoisotopic (exact) mass is 387 g/mol. The van der Waals surface area contributed by atoms with Crippen molar-refractivity contribution in [2.45, 2.75) is 33.4 Å². The van der Waals surface area contributed by atoms with E-state index in [-0.39, 0.29) is 24.3 Å². The Morgan fingerprint density at radius 2 is 2.04 bits per heavy atom. The molecule has 3 N–H and O–H groups in total. The molecule has 3 rings (SSSR count). The zero-order valence-corrected chi connectivity index (χ0v) is 16.4. The Balaban J connectivity index is 1.86. The van der Waals surface area contributed by atoms with Crippen LogP contribution in [0.3, 0.4) is 0 Å². The summed E-state index contributed by atoms with van der Waals surface area (Å²) in [4.78, 5) is 30.8. The number of hydrogen-bond acceptors (Lipinski definition) is 6. The third-order valence-electron chi connectivity index (χ3n) is 4.66. The summed E-state index contributed by atoms with van der Waals surface area (Å²) >= 11 is 0. The number of imidazole rings is 1. The van der Waals surface area contributed by atoms with E-state index >= 15 is 0 Å². The van der Waals surface area contributed by atoms with Gasteiger partial charge in [0, 0.05) is 13.6 Å². The van der Waals surface area contributed by atoms with Crippen LogP contribution in [0.4, 0.5) is 5.95 Å². The van der Waals surface area contributed by atoms with E-state index in [9.17, 15) is 14.7 Å². The van der Waals surface area contributed by atoms with E-state index in [4.69, 9.17) is 4.74 Å². The first-order chi connectivity index (χ1) is 13.3. The van der Waals surface area contributed by atoms with Crippen molar-refractivity contribution < 1.29 is 9.84 Å². The van der Waals surface area contributed by atoms with Gasteiger partial charge >= 0.3 is 5.69 Å². The van der Waals surface area contributed by atoms with Crippen molar-refractivity contribution in [1.82, 2.24) is 19.1 Å². The predicted molar refractivity (Wildman–Crippen MR) is 107 cm³/mol. The van der Waals surface area contributed by atoms with Crippen LogP contribution in [0.15, 0.2) is 27.8 Å². The van der Waals surface area contributed by atoms with Gasteiger partial charge in [-0.3, -0.25) is 14.3 Å². The lowest BCUT2D eigenvalue weighted by molar-refractivity contribution is 0.0938. The first-order valence-corrected chi connectivity index (χ1v) is 9.13. The number of aliphatic hydroxyl groups is 1. The van der Waals surface area contributed by atoms with E-state index in [2.05, 4.69) is 15.3 Å². The second-order valence-corrected chi connectivity index (χ2v) is 6.78. The molecule has 1 aromatic carbocycles. The van der Waals surface area contributed by atoms with Crippen LogP contribution >= 0.6 is 0 Å². The lowest BCUT2D eigenvalue weighted by atomic mass is 10.1. The largest absolute Gasteiger partial charge is 0.491 e. The number of ether oxygens (including phenoxy) is 1. The normalized spacial score (nSPS) is 12.3. The third kappa shape index (κ3) is 3.79. The minimum Gasteiger partial charge on any atom is -0.491 e. The summed E-state index contributed by atoms with van der Waals surface area (Å²) in [5.74, 6) is 1.08. The van der Waals surface area contributed by atoms with Gasteiger partial charge in [0.1, 0.15) is 18.5 Å². The lowest BCUT2D eigenvalue weighted by Gasteiger charge is -2.16. The fourth-order valence-electron chi connectivity index (χ4n) is 2.96. The molecule has 3 aromatic rings. The number of benzene rings is 1. The minimum absolute atomic E-state index is 0.0530. The van der Waals surface area contributed by atoms with E-state index in [1.807, 2.05) is 39.0 Å². The Morgan fingerprint density at radius 1 is 1.29 bits per heavy atom. The Kier molecular flexibility index (Phi) is 5.55. The maximum Gasteiger partial charge on any atom is 0.329 e. The van der Waals surface area contributed by atoms with Gasteiger partial charge in [-0.25, -0.2) is 4.79 Å². The highest BCUT2D eigenvalue weighted by Gasteiger charge is 2.19. The molecule has 0 saturated carbocycles. The molecular weight excluding hydrogens is 362 g/mol. The topological polar surface area (TPSA) is 114 Å². The number of aromatic nitrogens is 4. The number of aliphatic hydroxyl groups excluding tert-OH is 1. The van der Waals surface area contributed by atoms with Gasteiger partial charge in [0.2, 0.25) is 5.95 Å². The molecule has 9 nitrogen and oxygen atoms in total. The summed E-state index contributed by atoms with van der Waals surface area (Å²) in [6, 6.07) is 5.73. The summed E-state index contributed by atoms with van der Waals surface area (Å²) in [6.45, 7) is 6.62. The van der Waals surface area contributed by atoms with Gasteiger partial charge in [-0.15, -0.1) is 0 Å². The van der Waals surface area contributed by atoms with Gasteiger partial charge in [0.15, 0.2) is 11.2 Å². The van der Waals surface area contributed by atoms with Crippen LogP contribution in [-0.4, -0.2) is 43.5 Å². The van der Waals surface area contributed by atoms with Crippen LogP contribution in [0.1, 0.15) is 18.1 Å². The molecule has 0 amide bonds. The first kappa shape index (κ1) is 19.7. The Bertz CT molecular complexity index is 1110. The average Bonchev–Trinajstić information content (AvgIpc) is 3.00. The smallest absolute Gasteiger partial charge is 0.329 e. The summed E-state index contributed by atoms with van der Waals surface area (Å²) in [5.41, 5.74) is 1.67. The number of nitrogens with zero attached hydrogens (tertiary/aromatic N) is 3. The number of H-pyrrole nitrogens is 1. The highest BCUT2D eigenvalue weighted by Crippen LogP contribution is 2.18. The van der Waals surface area contributed by atoms with Crippen molar-refractivity contribution in [3.8, 4) is 5.75 Å². The summed E-state index contributed by atoms with van der Waals surface area (Å²) < 4.78 is 8.54. The van der Waals surface area contributed by atoms with Gasteiger partial charge in [-0.2, -0.15) is 4.98 Å². The highest BCUT2D eigenvalue weighted by molar-refractivity contribution is 5.74. The number of rotatable bonds is 7. The molecular formula is C19H25N5O4. The van der Waals surface area contributed by atoms with Crippen molar-refractivity contribution in [3.05, 3.63) is 50.2 Å². The summed E-state index contributed by atoms with van der Waals surface area (Å²) in [6.07, 6.45) is -0.881. The molecule has 0 fully saturated rings. The number of hydrogen-bond donors (Lipinski definition) is 3. The average molecular weight is 387 g/mol. The molecule has 0 unspecified atom stereocenters. The molecule has 28 heavy (non-hydrogen) atoms. The highest BCUT2D eigenvalue weighted by atomic mass is 16.5. The Morgan fingerprint density at radius 3 is 2.71 bits per heavy atom. The lowest BCUT2D eigenvalue weighted by Crippen LogP contribution is -2.31. The van der Waals surface area contributed by atoms with Crippen molar-refractivity contribution >= 4 is 17.1 Å². The number of fused-ring (bicyclic) bond motifs is 1. The van der Waals surface area contributed by atoms with Crippen LogP contribution in [0, 0.1) is 13.8 Å². The molecule has 0 radical (unpaired) electrons. The van der Waals surface area contributed by atoms with Crippen LogP contribution in [-0.2, 0) is 13.6 Å². The van der Waals surface area contributed by atoms with Gasteiger partial charge in [-0.05, 0) is 44.0 Å². The molecule has 0 saturated heterocycles. The summed E-state index contributed by atoms with van der Waals surface area (Å²) in [5, 5.41) is 13.6. The number of anilines is 1. The molecule has 2 heterocycles. The zero-order valence-electron chi connectivity index (χ0n) is 16.4.